The molecule has 0 aliphatic heterocycles. The Morgan fingerprint density at radius 1 is 1.21 bits per heavy atom. The van der Waals surface area contributed by atoms with E-state index in [1.54, 1.807) is 17.6 Å². The number of sulfone groups is 1. The Balaban J connectivity index is 1.40. The molecule has 2 aromatic heterocycles. The van der Waals surface area contributed by atoms with E-state index in [2.05, 4.69) is 15.3 Å². The molecule has 2 aromatic carbocycles. The topological polar surface area (TPSA) is 104 Å². The van der Waals surface area contributed by atoms with E-state index in [1.165, 1.54) is 29.7 Å². The first-order chi connectivity index (χ1) is 13.9. The van der Waals surface area contributed by atoms with Gasteiger partial charge in [-0.15, -0.1) is 11.3 Å². The van der Waals surface area contributed by atoms with Crippen LogP contribution in [-0.2, 0) is 16.4 Å². The zero-order valence-electron chi connectivity index (χ0n) is 15.5. The number of anilines is 1. The highest BCUT2D eigenvalue weighted by molar-refractivity contribution is 7.90. The number of nitrogens with zero attached hydrogens (tertiary/aromatic N) is 1. The molecule has 0 aliphatic carbocycles. The summed E-state index contributed by atoms with van der Waals surface area (Å²) in [5, 5.41) is 13.5. The fourth-order valence-electron chi connectivity index (χ4n) is 2.85. The molecule has 1 atom stereocenters. The summed E-state index contributed by atoms with van der Waals surface area (Å²) in [5.74, 6) is 0.578. The zero-order valence-corrected chi connectivity index (χ0v) is 17.1. The summed E-state index contributed by atoms with van der Waals surface area (Å²) in [6.07, 6.45) is 0.277. The highest BCUT2D eigenvalue weighted by Gasteiger charge is 2.12. The van der Waals surface area contributed by atoms with E-state index < -0.39 is 16.1 Å². The smallest absolute Gasteiger partial charge is 0.175 e. The summed E-state index contributed by atoms with van der Waals surface area (Å²) in [5.41, 5.74) is 4.81. The predicted octanol–water partition coefficient (Wildman–Crippen LogP) is 3.71. The van der Waals surface area contributed by atoms with Crippen LogP contribution in [0.5, 0.6) is 5.75 Å². The van der Waals surface area contributed by atoms with E-state index in [0.717, 1.165) is 21.6 Å². The lowest BCUT2D eigenvalue weighted by molar-refractivity contribution is 0.204. The van der Waals surface area contributed by atoms with E-state index >= 15 is 0 Å². The van der Waals surface area contributed by atoms with Gasteiger partial charge in [0.05, 0.1) is 20.8 Å². The molecule has 0 spiro atoms. The number of aliphatic hydroxyl groups excluding tert-OH is 1. The van der Waals surface area contributed by atoms with Crippen molar-refractivity contribution in [3.8, 4) is 5.75 Å². The quantitative estimate of drug-likeness (QED) is 0.387. The van der Waals surface area contributed by atoms with Gasteiger partial charge in [-0.05, 0) is 48.0 Å². The third kappa shape index (κ3) is 4.58. The molecule has 2 heterocycles. The van der Waals surface area contributed by atoms with Gasteiger partial charge in [-0.2, -0.15) is 0 Å². The van der Waals surface area contributed by atoms with Gasteiger partial charge in [0.15, 0.2) is 16.1 Å². The van der Waals surface area contributed by atoms with Crippen LogP contribution in [-0.4, -0.2) is 29.7 Å². The van der Waals surface area contributed by atoms with Crippen molar-refractivity contribution >= 4 is 37.2 Å². The fraction of sp³-hybridized carbons (Fsp3) is 0.150. The average Bonchev–Trinajstić information content (AvgIpc) is 3.28. The normalized spacial score (nSPS) is 12.8. The van der Waals surface area contributed by atoms with Crippen molar-refractivity contribution in [2.24, 2.45) is 0 Å². The third-order valence-corrected chi connectivity index (χ3v) is 6.23. The lowest BCUT2D eigenvalue weighted by atomic mass is 10.2. The van der Waals surface area contributed by atoms with E-state index in [4.69, 9.17) is 4.74 Å². The van der Waals surface area contributed by atoms with Crippen LogP contribution in [0, 0.1) is 0 Å². The van der Waals surface area contributed by atoms with Gasteiger partial charge in [0, 0.05) is 11.9 Å². The number of hydrogen-bond acceptors (Lipinski definition) is 7. The van der Waals surface area contributed by atoms with Crippen LogP contribution >= 0.6 is 11.3 Å². The van der Waals surface area contributed by atoms with Crippen molar-refractivity contribution in [1.29, 1.82) is 0 Å². The second kappa shape index (κ2) is 7.86. The number of ether oxygens (including phenoxy) is 1. The van der Waals surface area contributed by atoms with Crippen LogP contribution < -0.4 is 10.1 Å². The molecule has 9 heteroatoms. The number of nitrogens with one attached hydrogen (secondary N) is 2. The molecule has 4 rings (SSSR count). The summed E-state index contributed by atoms with van der Waals surface area (Å²) >= 11 is 1.51. The van der Waals surface area contributed by atoms with E-state index in [9.17, 15) is 13.5 Å². The van der Waals surface area contributed by atoms with E-state index in [0.29, 0.717) is 18.1 Å². The average molecular weight is 430 g/mol. The largest absolute Gasteiger partial charge is 0.489 e. The Bertz CT molecular complexity index is 1200. The van der Waals surface area contributed by atoms with Crippen molar-refractivity contribution in [1.82, 2.24) is 9.97 Å². The number of rotatable bonds is 7. The SMILES string of the molecule is CS(=O)(=O)c1ccc(OCc2cccc(NC(O)c3cc4scnc4[nH]3)c2)cc1. The van der Waals surface area contributed by atoms with Gasteiger partial charge in [-0.25, -0.2) is 13.4 Å². The molecular weight excluding hydrogens is 410 g/mol. The van der Waals surface area contributed by atoms with Crippen LogP contribution in [0.25, 0.3) is 10.3 Å². The molecule has 150 valence electrons. The summed E-state index contributed by atoms with van der Waals surface area (Å²) in [6.45, 7) is 0.311. The molecular formula is C20H19N3O4S2. The standard InChI is InChI=1S/C20H19N3O4S2/c1-29(25,26)16-7-5-15(6-8-16)27-11-13-3-2-4-14(9-13)22-20(24)17-10-18-19(23-17)21-12-28-18/h2-10,12,20,22-24H,11H2,1H3. The molecule has 0 bridgehead atoms. The molecule has 7 nitrogen and oxygen atoms in total. The molecule has 0 aliphatic rings. The molecule has 29 heavy (non-hydrogen) atoms. The van der Waals surface area contributed by atoms with Crippen molar-refractivity contribution in [3.05, 3.63) is 71.4 Å². The number of aromatic amines is 1. The van der Waals surface area contributed by atoms with Crippen LogP contribution in [0.4, 0.5) is 5.69 Å². The second-order valence-corrected chi connectivity index (χ2v) is 9.47. The van der Waals surface area contributed by atoms with Gasteiger partial charge in [0.1, 0.15) is 18.0 Å². The minimum absolute atomic E-state index is 0.254. The summed E-state index contributed by atoms with van der Waals surface area (Å²) in [6, 6.07) is 15.7. The Kier molecular flexibility index (Phi) is 5.27. The summed E-state index contributed by atoms with van der Waals surface area (Å²) < 4.78 is 29.8. The maximum absolute atomic E-state index is 11.5. The van der Waals surface area contributed by atoms with Gasteiger partial charge in [-0.3, -0.25) is 0 Å². The molecule has 0 radical (unpaired) electrons. The van der Waals surface area contributed by atoms with Gasteiger partial charge < -0.3 is 20.1 Å². The van der Waals surface area contributed by atoms with Crippen LogP contribution in [0.3, 0.4) is 0 Å². The van der Waals surface area contributed by atoms with Gasteiger partial charge in [0.25, 0.3) is 0 Å². The zero-order chi connectivity index (χ0) is 20.4. The monoisotopic (exact) mass is 429 g/mol. The third-order valence-electron chi connectivity index (χ3n) is 4.33. The van der Waals surface area contributed by atoms with Gasteiger partial charge in [-0.1, -0.05) is 12.1 Å². The number of H-pyrrole nitrogens is 1. The lowest BCUT2D eigenvalue weighted by Crippen LogP contribution is -2.10. The minimum Gasteiger partial charge on any atom is -0.489 e. The van der Waals surface area contributed by atoms with Crippen molar-refractivity contribution in [2.45, 2.75) is 17.7 Å². The van der Waals surface area contributed by atoms with Gasteiger partial charge in [0.2, 0.25) is 0 Å². The first-order valence-electron chi connectivity index (χ1n) is 8.77. The van der Waals surface area contributed by atoms with E-state index in [-0.39, 0.29) is 4.90 Å². The maximum Gasteiger partial charge on any atom is 0.175 e. The number of aliphatic hydroxyl groups is 1. The highest BCUT2D eigenvalue weighted by atomic mass is 32.2. The van der Waals surface area contributed by atoms with Gasteiger partial charge >= 0.3 is 0 Å². The molecule has 0 amide bonds. The summed E-state index contributed by atoms with van der Waals surface area (Å²) in [4.78, 5) is 7.53. The van der Waals surface area contributed by atoms with Crippen molar-refractivity contribution in [2.75, 3.05) is 11.6 Å². The molecule has 0 saturated carbocycles. The van der Waals surface area contributed by atoms with Crippen LogP contribution in [0.15, 0.2) is 65.0 Å². The Morgan fingerprint density at radius 3 is 2.72 bits per heavy atom. The predicted molar refractivity (Wildman–Crippen MR) is 113 cm³/mol. The number of hydrogen-bond donors (Lipinski definition) is 3. The first kappa shape index (κ1) is 19.4. The molecule has 0 saturated heterocycles. The molecule has 1 unspecified atom stereocenters. The number of fused-ring (bicyclic) bond motifs is 1. The molecule has 4 aromatic rings. The van der Waals surface area contributed by atoms with E-state index in [1.807, 2.05) is 30.3 Å². The van der Waals surface area contributed by atoms with Crippen molar-refractivity contribution in [3.63, 3.8) is 0 Å². The van der Waals surface area contributed by atoms with Crippen LogP contribution in [0.2, 0.25) is 0 Å². The minimum atomic E-state index is -3.23. The molecule has 3 N–H and O–H groups in total. The first-order valence-corrected chi connectivity index (χ1v) is 11.5. The summed E-state index contributed by atoms with van der Waals surface area (Å²) in [7, 11) is -3.23. The highest BCUT2D eigenvalue weighted by Crippen LogP contribution is 2.24. The fourth-order valence-corrected chi connectivity index (χ4v) is 4.16. The maximum atomic E-state index is 11.5. The Labute approximate surface area is 171 Å². The number of thiazole rings is 1. The number of benzene rings is 2. The molecule has 0 fully saturated rings. The second-order valence-electron chi connectivity index (χ2n) is 6.57. The Hall–Kier alpha value is -2.88. The Morgan fingerprint density at radius 2 is 2.00 bits per heavy atom. The van der Waals surface area contributed by atoms with Crippen molar-refractivity contribution < 1.29 is 18.3 Å². The number of aromatic nitrogens is 2. The lowest BCUT2D eigenvalue weighted by Gasteiger charge is -2.14. The van der Waals surface area contributed by atoms with Crippen LogP contribution in [0.1, 0.15) is 17.5 Å².